The van der Waals surface area contributed by atoms with Crippen LogP contribution in [0.25, 0.3) is 22.5 Å². The van der Waals surface area contributed by atoms with E-state index < -0.39 is 0 Å². The lowest BCUT2D eigenvalue weighted by Gasteiger charge is -2.29. The number of hydrogen-bond donors (Lipinski definition) is 1. The fraction of sp³-hybridized carbons (Fsp3) is 0.286. The number of aliphatic hydroxyl groups is 1. The van der Waals surface area contributed by atoms with E-state index in [1.165, 1.54) is 5.56 Å². The minimum Gasteiger partial charge on any atom is -0.393 e. The Morgan fingerprint density at radius 1 is 0.889 bits per heavy atom. The number of anilines is 1. The van der Waals surface area contributed by atoms with E-state index in [2.05, 4.69) is 34.2 Å². The molecule has 0 amide bonds. The van der Waals surface area contributed by atoms with Gasteiger partial charge in [0.1, 0.15) is 11.4 Å². The Morgan fingerprint density at radius 3 is 2.15 bits per heavy atom. The second kappa shape index (κ2) is 7.62. The molecule has 3 aromatic rings. The van der Waals surface area contributed by atoms with Crippen molar-refractivity contribution in [2.75, 3.05) is 18.0 Å². The van der Waals surface area contributed by atoms with Gasteiger partial charge in [-0.3, -0.25) is 0 Å². The molecule has 2 heterocycles. The molecule has 0 spiro atoms. The molecular weight excluding hydrogens is 360 g/mol. The maximum absolute atomic E-state index is 9.75. The van der Waals surface area contributed by atoms with E-state index in [1.54, 1.807) is 0 Å². The van der Waals surface area contributed by atoms with Gasteiger partial charge in [0.15, 0.2) is 0 Å². The van der Waals surface area contributed by atoms with Crippen LogP contribution in [0, 0.1) is 6.92 Å². The highest BCUT2D eigenvalue weighted by Gasteiger charge is 2.21. The van der Waals surface area contributed by atoms with Crippen LogP contribution in [-0.4, -0.2) is 39.5 Å². The van der Waals surface area contributed by atoms with E-state index >= 15 is 0 Å². The highest BCUT2D eigenvalue weighted by atomic mass is 35.5. The lowest BCUT2D eigenvalue weighted by molar-refractivity contribution is 0.145. The summed E-state index contributed by atoms with van der Waals surface area (Å²) in [5.41, 5.74) is 4.65. The van der Waals surface area contributed by atoms with Gasteiger partial charge in [-0.2, -0.15) is 0 Å². The monoisotopic (exact) mass is 380 g/mol. The van der Waals surface area contributed by atoms with Gasteiger partial charge in [-0.25, -0.2) is 4.98 Å². The molecule has 0 radical (unpaired) electrons. The van der Waals surface area contributed by atoms with Crippen molar-refractivity contribution in [2.45, 2.75) is 25.9 Å². The normalized spacial score (nSPS) is 15.1. The van der Waals surface area contributed by atoms with Gasteiger partial charge in [0.05, 0.1) is 6.10 Å². The third-order valence-electron chi connectivity index (χ3n) is 4.87. The second-order valence-electron chi connectivity index (χ2n) is 6.90. The summed E-state index contributed by atoms with van der Waals surface area (Å²) in [5, 5.41) is 19.3. The molecule has 1 aliphatic rings. The van der Waals surface area contributed by atoms with Crippen LogP contribution in [0.1, 0.15) is 18.4 Å². The summed E-state index contributed by atoms with van der Waals surface area (Å²) in [6.45, 7) is 3.52. The molecule has 0 bridgehead atoms. The number of halogens is 1. The Morgan fingerprint density at radius 2 is 1.48 bits per heavy atom. The maximum atomic E-state index is 9.75. The van der Waals surface area contributed by atoms with Crippen LogP contribution in [-0.2, 0) is 0 Å². The smallest absolute Gasteiger partial charge is 0.245 e. The first-order valence-electron chi connectivity index (χ1n) is 9.11. The second-order valence-corrected chi connectivity index (χ2v) is 7.34. The first kappa shape index (κ1) is 17.9. The van der Waals surface area contributed by atoms with Crippen molar-refractivity contribution in [3.8, 4) is 22.5 Å². The SMILES string of the molecule is Cc1ccc(-c2nnc(N3CCC(O)CC3)nc2-c2ccc(Cl)cc2)cc1. The van der Waals surface area contributed by atoms with Crippen LogP contribution in [0.15, 0.2) is 48.5 Å². The van der Waals surface area contributed by atoms with Crippen molar-refractivity contribution in [3.05, 3.63) is 59.1 Å². The summed E-state index contributed by atoms with van der Waals surface area (Å²) in [5.74, 6) is 0.600. The molecule has 4 rings (SSSR count). The molecule has 0 saturated carbocycles. The Bertz CT molecular complexity index is 920. The molecule has 1 aliphatic heterocycles. The predicted octanol–water partition coefficient (Wildman–Crippen LogP) is 4.13. The highest BCUT2D eigenvalue weighted by molar-refractivity contribution is 6.30. The Labute approximate surface area is 163 Å². The number of piperidine rings is 1. The largest absolute Gasteiger partial charge is 0.393 e. The molecule has 5 nitrogen and oxygen atoms in total. The first-order valence-corrected chi connectivity index (χ1v) is 9.48. The van der Waals surface area contributed by atoms with Crippen molar-refractivity contribution in [2.24, 2.45) is 0 Å². The van der Waals surface area contributed by atoms with E-state index in [0.29, 0.717) is 11.0 Å². The number of rotatable bonds is 3. The molecule has 0 aliphatic carbocycles. The standard InChI is InChI=1S/C21H21ClN4O/c1-14-2-4-16(5-3-14)20-19(15-6-8-17(22)9-7-15)23-21(25-24-20)26-12-10-18(27)11-13-26/h2-9,18,27H,10-13H2,1H3. The van der Waals surface area contributed by atoms with Crippen LogP contribution >= 0.6 is 11.6 Å². The minimum absolute atomic E-state index is 0.239. The van der Waals surface area contributed by atoms with Crippen molar-refractivity contribution < 1.29 is 5.11 Å². The lowest BCUT2D eigenvalue weighted by Crippen LogP contribution is -2.37. The van der Waals surface area contributed by atoms with Gasteiger partial charge >= 0.3 is 0 Å². The highest BCUT2D eigenvalue weighted by Crippen LogP contribution is 2.31. The summed E-state index contributed by atoms with van der Waals surface area (Å²) in [6.07, 6.45) is 1.20. The number of aryl methyl sites for hydroxylation is 1. The van der Waals surface area contributed by atoms with Gasteiger partial charge < -0.3 is 10.0 Å². The van der Waals surface area contributed by atoms with Crippen molar-refractivity contribution in [1.82, 2.24) is 15.2 Å². The van der Waals surface area contributed by atoms with Gasteiger partial charge in [0.2, 0.25) is 5.95 Å². The van der Waals surface area contributed by atoms with Gasteiger partial charge in [0, 0.05) is 29.2 Å². The molecule has 1 fully saturated rings. The van der Waals surface area contributed by atoms with Crippen LogP contribution < -0.4 is 4.90 Å². The van der Waals surface area contributed by atoms with Gasteiger partial charge in [-0.05, 0) is 31.9 Å². The quantitative estimate of drug-likeness (QED) is 0.740. The number of hydrogen-bond acceptors (Lipinski definition) is 5. The molecule has 1 N–H and O–H groups in total. The van der Waals surface area contributed by atoms with E-state index in [9.17, 15) is 5.11 Å². The number of nitrogens with zero attached hydrogens (tertiary/aromatic N) is 4. The van der Waals surface area contributed by atoms with Crippen molar-refractivity contribution >= 4 is 17.5 Å². The summed E-state index contributed by atoms with van der Waals surface area (Å²) in [4.78, 5) is 6.93. The molecule has 6 heteroatoms. The lowest BCUT2D eigenvalue weighted by atomic mass is 10.0. The Hall–Kier alpha value is -2.50. The number of aliphatic hydroxyl groups excluding tert-OH is 1. The zero-order chi connectivity index (χ0) is 18.8. The van der Waals surface area contributed by atoms with Crippen LogP contribution in [0.2, 0.25) is 5.02 Å². The van der Waals surface area contributed by atoms with Crippen LogP contribution in [0.5, 0.6) is 0 Å². The Kier molecular flexibility index (Phi) is 5.05. The average molecular weight is 381 g/mol. The zero-order valence-corrected chi connectivity index (χ0v) is 15.9. The molecular formula is C21H21ClN4O. The number of benzene rings is 2. The average Bonchev–Trinajstić information content (AvgIpc) is 2.69. The molecule has 1 aromatic heterocycles. The molecule has 0 atom stereocenters. The minimum atomic E-state index is -0.239. The Balaban J connectivity index is 1.78. The summed E-state index contributed by atoms with van der Waals surface area (Å²) >= 11 is 6.06. The molecule has 138 valence electrons. The van der Waals surface area contributed by atoms with Crippen molar-refractivity contribution in [1.29, 1.82) is 0 Å². The fourth-order valence-electron chi connectivity index (χ4n) is 3.23. The molecule has 0 unspecified atom stereocenters. The summed E-state index contributed by atoms with van der Waals surface area (Å²) in [7, 11) is 0. The molecule has 1 saturated heterocycles. The van der Waals surface area contributed by atoms with E-state index in [1.807, 2.05) is 36.4 Å². The topological polar surface area (TPSA) is 62.1 Å². The van der Waals surface area contributed by atoms with Crippen LogP contribution in [0.4, 0.5) is 5.95 Å². The third-order valence-corrected chi connectivity index (χ3v) is 5.12. The van der Waals surface area contributed by atoms with E-state index in [0.717, 1.165) is 48.4 Å². The zero-order valence-electron chi connectivity index (χ0n) is 15.1. The maximum Gasteiger partial charge on any atom is 0.245 e. The van der Waals surface area contributed by atoms with Gasteiger partial charge in [-0.1, -0.05) is 53.6 Å². The van der Waals surface area contributed by atoms with Crippen molar-refractivity contribution in [3.63, 3.8) is 0 Å². The van der Waals surface area contributed by atoms with Gasteiger partial charge in [0.25, 0.3) is 0 Å². The van der Waals surface area contributed by atoms with Gasteiger partial charge in [-0.15, -0.1) is 10.2 Å². The van der Waals surface area contributed by atoms with Crippen LogP contribution in [0.3, 0.4) is 0 Å². The molecule has 2 aromatic carbocycles. The third kappa shape index (κ3) is 3.94. The summed E-state index contributed by atoms with van der Waals surface area (Å²) in [6, 6.07) is 15.8. The van der Waals surface area contributed by atoms with E-state index in [-0.39, 0.29) is 6.10 Å². The van der Waals surface area contributed by atoms with E-state index in [4.69, 9.17) is 16.6 Å². The number of aromatic nitrogens is 3. The summed E-state index contributed by atoms with van der Waals surface area (Å²) < 4.78 is 0. The first-order chi connectivity index (χ1) is 13.1. The fourth-order valence-corrected chi connectivity index (χ4v) is 3.36. The molecule has 27 heavy (non-hydrogen) atoms. The predicted molar refractivity (Wildman–Crippen MR) is 108 cm³/mol.